The molecule has 2 aromatic carbocycles. The first-order valence-electron chi connectivity index (χ1n) is 11.3. The van der Waals surface area contributed by atoms with E-state index in [0.29, 0.717) is 34.0 Å². The van der Waals surface area contributed by atoms with Crippen LogP contribution >= 0.6 is 35.0 Å². The van der Waals surface area contributed by atoms with Gasteiger partial charge in [0.2, 0.25) is 0 Å². The van der Waals surface area contributed by atoms with Crippen molar-refractivity contribution in [2.24, 2.45) is 5.92 Å². The minimum Gasteiger partial charge on any atom is -0.342 e. The summed E-state index contributed by atoms with van der Waals surface area (Å²) < 4.78 is 2.13. The van der Waals surface area contributed by atoms with Crippen LogP contribution in [0, 0.1) is 5.92 Å². The number of nitrogens with zero attached hydrogens (tertiary/aromatic N) is 2. The number of amides is 2. The molecule has 0 bridgehead atoms. The second-order valence-electron chi connectivity index (χ2n) is 8.77. The van der Waals surface area contributed by atoms with Gasteiger partial charge in [0.25, 0.3) is 11.1 Å². The van der Waals surface area contributed by atoms with Crippen molar-refractivity contribution < 1.29 is 9.59 Å². The van der Waals surface area contributed by atoms with Crippen LogP contribution in [0.4, 0.5) is 4.79 Å². The van der Waals surface area contributed by atoms with Gasteiger partial charge in [-0.25, -0.2) is 0 Å². The highest BCUT2D eigenvalue weighted by molar-refractivity contribution is 8.18. The zero-order valence-corrected chi connectivity index (χ0v) is 20.4. The first-order valence-corrected chi connectivity index (χ1v) is 12.8. The number of rotatable bonds is 5. The lowest BCUT2D eigenvalue weighted by Crippen LogP contribution is -2.34. The summed E-state index contributed by atoms with van der Waals surface area (Å²) in [5.41, 5.74) is 3.01. The fourth-order valence-corrected chi connectivity index (χ4v) is 5.94. The molecule has 2 aliphatic rings. The Morgan fingerprint density at radius 1 is 1.00 bits per heavy atom. The summed E-state index contributed by atoms with van der Waals surface area (Å²) in [4.78, 5) is 27.6. The van der Waals surface area contributed by atoms with Gasteiger partial charge in [-0.1, -0.05) is 66.7 Å². The Labute approximate surface area is 207 Å². The third-order valence-corrected chi connectivity index (χ3v) is 8.13. The fraction of sp³-hybridized carbons (Fsp3) is 0.308. The highest BCUT2D eigenvalue weighted by Gasteiger charge is 2.36. The predicted molar refractivity (Wildman–Crippen MR) is 137 cm³/mol. The normalized spacial score (nSPS) is 18.7. The Bertz CT molecular complexity index is 1260. The van der Waals surface area contributed by atoms with Crippen LogP contribution in [0.2, 0.25) is 10.0 Å². The molecule has 0 atom stereocenters. The van der Waals surface area contributed by atoms with Gasteiger partial charge >= 0.3 is 0 Å². The number of hydrogen-bond acceptors (Lipinski definition) is 3. The van der Waals surface area contributed by atoms with Crippen LogP contribution in [0.3, 0.4) is 0 Å². The molecule has 2 amide bonds. The second kappa shape index (κ2) is 9.57. The van der Waals surface area contributed by atoms with Crippen molar-refractivity contribution in [1.29, 1.82) is 0 Å². The van der Waals surface area contributed by atoms with E-state index in [1.54, 1.807) is 6.07 Å². The maximum Gasteiger partial charge on any atom is 0.293 e. The first-order chi connectivity index (χ1) is 16.0. The molecule has 4 nitrogen and oxygen atoms in total. The van der Waals surface area contributed by atoms with Gasteiger partial charge in [0.1, 0.15) is 0 Å². The molecular formula is C26H24Cl2N2O2S. The quantitative estimate of drug-likeness (QED) is 0.339. The monoisotopic (exact) mass is 498 g/mol. The lowest BCUT2D eigenvalue weighted by molar-refractivity contribution is -0.123. The number of carbonyl (C=O) groups excluding carboxylic acids is 2. The molecule has 0 spiro atoms. The van der Waals surface area contributed by atoms with Crippen molar-refractivity contribution in [3.8, 4) is 0 Å². The third kappa shape index (κ3) is 4.72. The van der Waals surface area contributed by atoms with Crippen LogP contribution < -0.4 is 0 Å². The van der Waals surface area contributed by atoms with Gasteiger partial charge in [-0.05, 0) is 60.4 Å². The van der Waals surface area contributed by atoms with Crippen LogP contribution in [0.1, 0.15) is 43.2 Å². The predicted octanol–water partition coefficient (Wildman–Crippen LogP) is 7.61. The maximum absolute atomic E-state index is 13.1. The van der Waals surface area contributed by atoms with E-state index in [9.17, 15) is 9.59 Å². The molecule has 0 N–H and O–H groups in total. The second-order valence-corrected chi connectivity index (χ2v) is 10.6. The zero-order valence-electron chi connectivity index (χ0n) is 18.1. The SMILES string of the molecule is O=C1S/C(=C/c2cn(Cc3ccc(Cl)c(Cl)c3)c3ccccc23)C(=O)N1CC1CCCCC1. The molecule has 7 heteroatoms. The van der Waals surface area contributed by atoms with Crippen LogP contribution in [-0.4, -0.2) is 27.2 Å². The van der Waals surface area contributed by atoms with Gasteiger partial charge in [0, 0.05) is 35.8 Å². The molecule has 0 unspecified atom stereocenters. The first kappa shape index (κ1) is 22.6. The Morgan fingerprint density at radius 2 is 1.79 bits per heavy atom. The lowest BCUT2D eigenvalue weighted by Gasteiger charge is -2.25. The fourth-order valence-electron chi connectivity index (χ4n) is 4.78. The van der Waals surface area contributed by atoms with Crippen LogP contribution in [-0.2, 0) is 11.3 Å². The molecule has 170 valence electrons. The van der Waals surface area contributed by atoms with Gasteiger partial charge in [-0.15, -0.1) is 0 Å². The van der Waals surface area contributed by atoms with Crippen molar-refractivity contribution in [3.63, 3.8) is 0 Å². The van der Waals surface area contributed by atoms with Crippen molar-refractivity contribution in [2.45, 2.75) is 38.6 Å². The number of thioether (sulfide) groups is 1. The standard InChI is InChI=1S/C26H24Cl2N2O2S/c27-21-11-10-18(12-22(21)28)14-29-16-19(20-8-4-5-9-23(20)29)13-24-25(31)30(26(32)33-24)15-17-6-2-1-3-7-17/h4-5,8-13,16-17H,1-3,6-7,14-15H2/b24-13+. The summed E-state index contributed by atoms with van der Waals surface area (Å²) in [6.45, 7) is 1.16. The van der Waals surface area contributed by atoms with Crippen molar-refractivity contribution in [3.05, 3.63) is 74.7 Å². The molecule has 2 fully saturated rings. The molecule has 5 rings (SSSR count). The third-order valence-electron chi connectivity index (χ3n) is 6.48. The van der Waals surface area contributed by atoms with E-state index < -0.39 is 0 Å². The molecule has 1 aliphatic carbocycles. The summed E-state index contributed by atoms with van der Waals surface area (Å²) in [5, 5.41) is 1.94. The summed E-state index contributed by atoms with van der Waals surface area (Å²) in [6.07, 6.45) is 9.72. The molecule has 1 aromatic heterocycles. The van der Waals surface area contributed by atoms with Crippen molar-refractivity contribution >= 4 is 63.1 Å². The number of hydrogen-bond donors (Lipinski definition) is 0. The maximum atomic E-state index is 13.1. The molecule has 1 aliphatic heterocycles. The summed E-state index contributed by atoms with van der Waals surface area (Å²) in [7, 11) is 0. The molecule has 2 heterocycles. The zero-order chi connectivity index (χ0) is 22.9. The number of imide groups is 1. The average molecular weight is 499 g/mol. The topological polar surface area (TPSA) is 42.3 Å². The molecular weight excluding hydrogens is 475 g/mol. The van der Waals surface area contributed by atoms with E-state index in [1.165, 1.54) is 24.2 Å². The largest absolute Gasteiger partial charge is 0.342 e. The minimum atomic E-state index is -0.170. The van der Waals surface area contributed by atoms with Crippen molar-refractivity contribution in [1.82, 2.24) is 9.47 Å². The Kier molecular flexibility index (Phi) is 6.55. The number of para-hydroxylation sites is 1. The van der Waals surface area contributed by atoms with Gasteiger partial charge in [0.15, 0.2) is 0 Å². The highest BCUT2D eigenvalue weighted by Crippen LogP contribution is 2.36. The Morgan fingerprint density at radius 3 is 2.58 bits per heavy atom. The number of carbonyl (C=O) groups is 2. The Hall–Kier alpha value is -2.21. The highest BCUT2D eigenvalue weighted by atomic mass is 35.5. The smallest absolute Gasteiger partial charge is 0.293 e. The summed E-state index contributed by atoms with van der Waals surface area (Å²) >= 11 is 13.3. The molecule has 1 saturated heterocycles. The molecule has 3 aromatic rings. The number of benzene rings is 2. The van der Waals surface area contributed by atoms with Gasteiger partial charge < -0.3 is 4.57 Å². The Balaban J connectivity index is 1.43. The average Bonchev–Trinajstić information content (AvgIpc) is 3.29. The van der Waals surface area contributed by atoms with E-state index in [2.05, 4.69) is 10.6 Å². The van der Waals surface area contributed by atoms with Crippen LogP contribution in [0.15, 0.2) is 53.6 Å². The minimum absolute atomic E-state index is 0.156. The summed E-state index contributed by atoms with van der Waals surface area (Å²) in [5.74, 6) is 0.261. The lowest BCUT2D eigenvalue weighted by atomic mass is 9.89. The molecule has 0 radical (unpaired) electrons. The van der Waals surface area contributed by atoms with E-state index >= 15 is 0 Å². The van der Waals surface area contributed by atoms with E-state index in [4.69, 9.17) is 23.2 Å². The van der Waals surface area contributed by atoms with Crippen LogP contribution in [0.5, 0.6) is 0 Å². The van der Waals surface area contributed by atoms with Gasteiger partial charge in [-0.3, -0.25) is 14.5 Å². The number of aromatic nitrogens is 1. The van der Waals surface area contributed by atoms with Gasteiger partial charge in [0.05, 0.1) is 15.0 Å². The molecule has 33 heavy (non-hydrogen) atoms. The van der Waals surface area contributed by atoms with E-state index in [0.717, 1.165) is 46.6 Å². The summed E-state index contributed by atoms with van der Waals surface area (Å²) in [6, 6.07) is 13.7. The van der Waals surface area contributed by atoms with Gasteiger partial charge in [-0.2, -0.15) is 0 Å². The van der Waals surface area contributed by atoms with E-state index in [1.807, 2.05) is 42.6 Å². The van der Waals surface area contributed by atoms with Crippen molar-refractivity contribution in [2.75, 3.05) is 6.54 Å². The van der Waals surface area contributed by atoms with Crippen LogP contribution in [0.25, 0.3) is 17.0 Å². The molecule has 1 saturated carbocycles. The number of halogens is 2. The number of fused-ring (bicyclic) bond motifs is 1. The van der Waals surface area contributed by atoms with E-state index in [-0.39, 0.29) is 11.1 Å².